The third-order valence-corrected chi connectivity index (χ3v) is 4.69. The van der Waals surface area contributed by atoms with Crippen molar-refractivity contribution in [1.82, 2.24) is 15.1 Å². The normalized spacial score (nSPS) is 11.7. The van der Waals surface area contributed by atoms with Gasteiger partial charge >= 0.3 is 5.97 Å². The molecule has 0 saturated carbocycles. The summed E-state index contributed by atoms with van der Waals surface area (Å²) in [6, 6.07) is 7.30. The first kappa shape index (κ1) is 21.0. The van der Waals surface area contributed by atoms with Crippen molar-refractivity contribution in [1.29, 1.82) is 0 Å². The number of hydrogen-bond donors (Lipinski definition) is 1. The average Bonchev–Trinajstić information content (AvgIpc) is 2.65. The maximum atomic E-state index is 12.6. The molecule has 1 aromatic carbocycles. The van der Waals surface area contributed by atoms with E-state index in [4.69, 9.17) is 16.3 Å². The minimum absolute atomic E-state index is 0.298. The molecular formula is C18H20ClN3O4S. The fraction of sp³-hybridized carbons (Fsp3) is 0.333. The number of ether oxygens (including phenoxy) is 1. The lowest BCUT2D eigenvalue weighted by Crippen LogP contribution is -2.44. The Morgan fingerprint density at radius 1 is 1.33 bits per heavy atom. The van der Waals surface area contributed by atoms with Crippen LogP contribution < -0.4 is 10.7 Å². The lowest BCUT2D eigenvalue weighted by atomic mass is 10.2. The van der Waals surface area contributed by atoms with Gasteiger partial charge in [0.15, 0.2) is 5.69 Å². The molecule has 1 aromatic heterocycles. The molecule has 1 amide bonds. The number of carbonyl (C=O) groups is 2. The molecule has 0 spiro atoms. The summed E-state index contributed by atoms with van der Waals surface area (Å²) in [6.07, 6.45) is 2.28. The van der Waals surface area contributed by atoms with Crippen molar-refractivity contribution >= 4 is 35.2 Å². The molecule has 9 heteroatoms. The molecule has 2 rings (SSSR count). The van der Waals surface area contributed by atoms with Crippen LogP contribution in [0.4, 0.5) is 0 Å². The molecule has 1 N–H and O–H groups in total. The Morgan fingerprint density at radius 3 is 2.59 bits per heavy atom. The number of esters is 1. The summed E-state index contributed by atoms with van der Waals surface area (Å²) < 4.78 is 6.19. The zero-order valence-corrected chi connectivity index (χ0v) is 16.8. The van der Waals surface area contributed by atoms with Gasteiger partial charge in [0.2, 0.25) is 5.43 Å². The largest absolute Gasteiger partial charge is 0.467 e. The first-order chi connectivity index (χ1) is 12.9. The summed E-state index contributed by atoms with van der Waals surface area (Å²) in [4.78, 5) is 36.7. The van der Waals surface area contributed by atoms with Gasteiger partial charge in [0.05, 0.1) is 12.8 Å². The predicted molar refractivity (Wildman–Crippen MR) is 106 cm³/mol. The molecule has 0 bridgehead atoms. The summed E-state index contributed by atoms with van der Waals surface area (Å²) in [5, 5.41) is 7.29. The Hall–Kier alpha value is -2.32. The number of aromatic nitrogens is 2. The highest BCUT2D eigenvalue weighted by molar-refractivity contribution is 7.98. The zero-order valence-electron chi connectivity index (χ0n) is 15.2. The molecule has 0 aliphatic rings. The van der Waals surface area contributed by atoms with E-state index in [0.29, 0.717) is 28.6 Å². The van der Waals surface area contributed by atoms with Crippen molar-refractivity contribution in [2.45, 2.75) is 19.4 Å². The summed E-state index contributed by atoms with van der Waals surface area (Å²) in [6.45, 7) is 1.71. The quantitative estimate of drug-likeness (QED) is 0.705. The van der Waals surface area contributed by atoms with E-state index < -0.39 is 23.3 Å². The van der Waals surface area contributed by atoms with E-state index in [0.717, 1.165) is 0 Å². The highest BCUT2D eigenvalue weighted by Crippen LogP contribution is 2.14. The number of thioether (sulfide) groups is 1. The third kappa shape index (κ3) is 5.33. The van der Waals surface area contributed by atoms with Gasteiger partial charge in [0.1, 0.15) is 6.04 Å². The van der Waals surface area contributed by atoms with Crippen LogP contribution in [0.25, 0.3) is 5.69 Å². The maximum Gasteiger partial charge on any atom is 0.328 e. The number of carbonyl (C=O) groups excluding carboxylic acids is 2. The van der Waals surface area contributed by atoms with Crippen LogP contribution in [0.3, 0.4) is 0 Å². The smallest absolute Gasteiger partial charge is 0.328 e. The van der Waals surface area contributed by atoms with E-state index in [9.17, 15) is 14.4 Å². The molecule has 0 saturated heterocycles. The number of halogens is 1. The van der Waals surface area contributed by atoms with Crippen LogP contribution in [0.15, 0.2) is 35.1 Å². The van der Waals surface area contributed by atoms with E-state index in [1.165, 1.54) is 29.6 Å². The molecule has 7 nitrogen and oxygen atoms in total. The molecule has 1 atom stereocenters. The molecule has 1 heterocycles. The molecule has 2 aromatic rings. The highest BCUT2D eigenvalue weighted by Gasteiger charge is 2.24. The number of benzene rings is 1. The standard InChI is InChI=1S/C18H20ClN3O4S/c1-11-10-15(23)16(21-22(11)13-6-4-12(19)5-7-13)17(24)20-14(8-9-27-3)18(25)26-2/h4-7,10,14H,8-9H2,1-3H3,(H,20,24)/t14-/m0/s1. The van der Waals surface area contributed by atoms with Crippen LogP contribution in [0.1, 0.15) is 22.6 Å². The van der Waals surface area contributed by atoms with Gasteiger partial charge in [0.25, 0.3) is 5.91 Å². The van der Waals surface area contributed by atoms with E-state index in [2.05, 4.69) is 10.4 Å². The van der Waals surface area contributed by atoms with Gasteiger partial charge in [0, 0.05) is 16.8 Å². The first-order valence-electron chi connectivity index (χ1n) is 8.12. The van der Waals surface area contributed by atoms with Crippen molar-refractivity contribution in [2.24, 2.45) is 0 Å². The van der Waals surface area contributed by atoms with Gasteiger partial charge in [-0.05, 0) is 49.6 Å². The van der Waals surface area contributed by atoms with Crippen LogP contribution in [-0.2, 0) is 9.53 Å². The second-order valence-corrected chi connectivity index (χ2v) is 7.14. The predicted octanol–water partition coefficient (Wildman–Crippen LogP) is 2.22. The molecule has 144 valence electrons. The summed E-state index contributed by atoms with van der Waals surface area (Å²) in [5.74, 6) is -0.641. The van der Waals surface area contributed by atoms with Crippen molar-refractivity contribution in [3.63, 3.8) is 0 Å². The molecule has 27 heavy (non-hydrogen) atoms. The highest BCUT2D eigenvalue weighted by atomic mass is 35.5. The van der Waals surface area contributed by atoms with Crippen molar-refractivity contribution < 1.29 is 14.3 Å². The number of hydrogen-bond acceptors (Lipinski definition) is 6. The van der Waals surface area contributed by atoms with Crippen LogP contribution in [-0.4, -0.2) is 46.8 Å². The first-order valence-corrected chi connectivity index (χ1v) is 9.89. The summed E-state index contributed by atoms with van der Waals surface area (Å²) in [7, 11) is 1.25. The number of nitrogens with one attached hydrogen (secondary N) is 1. The van der Waals surface area contributed by atoms with Crippen LogP contribution in [0.2, 0.25) is 5.02 Å². The van der Waals surface area contributed by atoms with Gasteiger partial charge in [-0.1, -0.05) is 11.6 Å². The number of aryl methyl sites for hydroxylation is 1. The van der Waals surface area contributed by atoms with E-state index >= 15 is 0 Å². The Bertz CT molecular complexity index is 883. The fourth-order valence-electron chi connectivity index (χ4n) is 2.40. The van der Waals surface area contributed by atoms with Crippen LogP contribution in [0, 0.1) is 6.92 Å². The van der Waals surface area contributed by atoms with E-state index in [-0.39, 0.29) is 5.69 Å². The lowest BCUT2D eigenvalue weighted by Gasteiger charge is -2.16. The Kier molecular flexibility index (Phi) is 7.44. The maximum absolute atomic E-state index is 12.6. The average molecular weight is 410 g/mol. The summed E-state index contributed by atoms with van der Waals surface area (Å²) >= 11 is 7.43. The topological polar surface area (TPSA) is 90.3 Å². The minimum atomic E-state index is -0.846. The molecule has 0 unspecified atom stereocenters. The summed E-state index contributed by atoms with van der Waals surface area (Å²) in [5.41, 5.74) is 0.390. The van der Waals surface area contributed by atoms with Crippen molar-refractivity contribution in [2.75, 3.05) is 19.1 Å². The number of amides is 1. The Balaban J connectivity index is 2.35. The number of methoxy groups -OCH3 is 1. The molecule has 0 aliphatic carbocycles. The zero-order chi connectivity index (χ0) is 20.0. The van der Waals surface area contributed by atoms with E-state index in [1.807, 2.05) is 6.26 Å². The van der Waals surface area contributed by atoms with Gasteiger partial charge in [-0.15, -0.1) is 0 Å². The Labute approximate surface area is 166 Å². The molecular weight excluding hydrogens is 390 g/mol. The Morgan fingerprint density at radius 2 is 2.00 bits per heavy atom. The molecule has 0 aliphatic heterocycles. The number of nitrogens with zero attached hydrogens (tertiary/aromatic N) is 2. The SMILES string of the molecule is COC(=O)[C@H](CCSC)NC(=O)c1nn(-c2ccc(Cl)cc2)c(C)cc1=O. The van der Waals surface area contributed by atoms with Crippen LogP contribution >= 0.6 is 23.4 Å². The fourth-order valence-corrected chi connectivity index (χ4v) is 3.00. The second-order valence-electron chi connectivity index (χ2n) is 5.72. The van der Waals surface area contributed by atoms with Gasteiger partial charge < -0.3 is 10.1 Å². The second kappa shape index (κ2) is 9.57. The third-order valence-electron chi connectivity index (χ3n) is 3.80. The number of rotatable bonds is 7. The van der Waals surface area contributed by atoms with Crippen LogP contribution in [0.5, 0.6) is 0 Å². The van der Waals surface area contributed by atoms with Gasteiger partial charge in [-0.3, -0.25) is 9.59 Å². The lowest BCUT2D eigenvalue weighted by molar-refractivity contribution is -0.142. The molecule has 0 radical (unpaired) electrons. The van der Waals surface area contributed by atoms with Crippen molar-refractivity contribution in [3.8, 4) is 5.69 Å². The monoisotopic (exact) mass is 409 g/mol. The van der Waals surface area contributed by atoms with Gasteiger partial charge in [-0.2, -0.15) is 16.9 Å². The van der Waals surface area contributed by atoms with Gasteiger partial charge in [-0.25, -0.2) is 9.48 Å². The van der Waals surface area contributed by atoms with E-state index in [1.54, 1.807) is 31.2 Å². The minimum Gasteiger partial charge on any atom is -0.467 e. The molecule has 0 fully saturated rings. The van der Waals surface area contributed by atoms with Crippen molar-refractivity contribution in [3.05, 3.63) is 57.0 Å².